The van der Waals surface area contributed by atoms with Crippen molar-refractivity contribution in [3.63, 3.8) is 0 Å². The van der Waals surface area contributed by atoms with Crippen LogP contribution in [0.5, 0.6) is 0 Å². The lowest BCUT2D eigenvalue weighted by molar-refractivity contribution is 0.581. The fourth-order valence-electron chi connectivity index (χ4n) is 6.41. The van der Waals surface area contributed by atoms with E-state index in [-0.39, 0.29) is 10.8 Å². The van der Waals surface area contributed by atoms with Crippen LogP contribution in [-0.2, 0) is 10.8 Å². The van der Waals surface area contributed by atoms with Gasteiger partial charge in [0.2, 0.25) is 0 Å². The van der Waals surface area contributed by atoms with Crippen LogP contribution in [0.4, 0.5) is 0 Å². The van der Waals surface area contributed by atoms with Crippen LogP contribution in [0.3, 0.4) is 0 Å². The third-order valence-corrected chi connectivity index (χ3v) is 10.1. The van der Waals surface area contributed by atoms with Gasteiger partial charge in [-0.1, -0.05) is 121 Å². The van der Waals surface area contributed by atoms with E-state index in [0.29, 0.717) is 11.5 Å². The van der Waals surface area contributed by atoms with Gasteiger partial charge in [-0.2, -0.15) is 0 Å². The van der Waals surface area contributed by atoms with Gasteiger partial charge in [0, 0.05) is 20.3 Å². The van der Waals surface area contributed by atoms with E-state index in [4.69, 9.17) is 0 Å². The van der Waals surface area contributed by atoms with Gasteiger partial charge in [-0.25, -0.2) is 0 Å². The van der Waals surface area contributed by atoms with Crippen molar-refractivity contribution in [2.75, 3.05) is 0 Å². The van der Waals surface area contributed by atoms with E-state index in [9.17, 15) is 0 Å². The molecule has 3 aromatic rings. The predicted molar refractivity (Wildman–Crippen MR) is 152 cm³/mol. The van der Waals surface area contributed by atoms with Crippen LogP contribution in [0.1, 0.15) is 98.9 Å². The van der Waals surface area contributed by atoms with Gasteiger partial charge >= 0.3 is 0 Å². The van der Waals surface area contributed by atoms with E-state index in [2.05, 4.69) is 122 Å². The van der Waals surface area contributed by atoms with Gasteiger partial charge in [0.25, 0.3) is 0 Å². The lowest BCUT2D eigenvalue weighted by Gasteiger charge is -2.30. The fraction of sp³-hybridized carbons (Fsp3) is 0.394. The van der Waals surface area contributed by atoms with E-state index in [1.807, 2.05) is 0 Å². The number of allylic oxidation sites excluding steroid dienone is 1. The molecular weight excluding hydrogens is 424 g/mol. The van der Waals surface area contributed by atoms with Gasteiger partial charge < -0.3 is 0 Å². The zero-order chi connectivity index (χ0) is 24.6. The molecule has 176 valence electrons. The maximum atomic E-state index is 2.54. The van der Waals surface area contributed by atoms with Crippen molar-refractivity contribution < 1.29 is 0 Å². The summed E-state index contributed by atoms with van der Waals surface area (Å²) in [6, 6.07) is 21.4. The Morgan fingerprint density at radius 3 is 2.06 bits per heavy atom. The first-order valence-electron chi connectivity index (χ1n) is 13.0. The van der Waals surface area contributed by atoms with Crippen LogP contribution in [0.15, 0.2) is 60.2 Å². The van der Waals surface area contributed by atoms with Crippen molar-refractivity contribution in [3.05, 3.63) is 99.1 Å². The van der Waals surface area contributed by atoms with Crippen molar-refractivity contribution in [2.24, 2.45) is 0 Å². The molecule has 0 fully saturated rings. The third-order valence-electron chi connectivity index (χ3n) is 8.05. The molecule has 0 radical (unpaired) electrons. The summed E-state index contributed by atoms with van der Waals surface area (Å²) in [5.41, 5.74) is 15.9. The average Bonchev–Trinajstić information content (AvgIpc) is 3.25. The first-order chi connectivity index (χ1) is 15.9. The van der Waals surface area contributed by atoms with E-state index in [1.54, 1.807) is 22.3 Å². The Kier molecular flexibility index (Phi) is 5.37. The summed E-state index contributed by atoms with van der Waals surface area (Å²) >= 11 is 0. The summed E-state index contributed by atoms with van der Waals surface area (Å²) in [5.74, 6) is 0.332. The maximum absolute atomic E-state index is 2.54. The Labute approximate surface area is 208 Å². The molecule has 5 rings (SSSR count). The average molecular weight is 465 g/mol. The van der Waals surface area contributed by atoms with Crippen LogP contribution in [0, 0.1) is 0 Å². The van der Waals surface area contributed by atoms with Crippen LogP contribution >= 0.6 is 0 Å². The molecule has 1 unspecified atom stereocenters. The van der Waals surface area contributed by atoms with Gasteiger partial charge in [0.1, 0.15) is 0 Å². The molecule has 1 heteroatoms. The minimum Gasteiger partial charge on any atom is -0.0714 e. The molecule has 2 aliphatic carbocycles. The predicted octanol–water partition coefficient (Wildman–Crippen LogP) is 8.97. The highest BCUT2D eigenvalue weighted by Gasteiger charge is 2.39. The van der Waals surface area contributed by atoms with Gasteiger partial charge in [0.05, 0.1) is 0 Å². The minimum atomic E-state index is -0.964. The van der Waals surface area contributed by atoms with Gasteiger partial charge in [0.15, 0.2) is 0 Å². The smallest absolute Gasteiger partial charge is 0.0444 e. The number of fused-ring (bicyclic) bond motifs is 4. The molecule has 2 atom stereocenters. The summed E-state index contributed by atoms with van der Waals surface area (Å²) in [6.45, 7) is 21.6. The van der Waals surface area contributed by atoms with Gasteiger partial charge in [-0.15, -0.1) is 0 Å². The Morgan fingerprint density at radius 1 is 0.735 bits per heavy atom. The SMILES string of the molecule is CC1=Cc2ccccc2[C@@H]1c1c(C(C)(C)C)ccc2c1-c1cc(C(C)(C)C)ccc1C2[SiH](C)C. The number of hydrogen-bond donors (Lipinski definition) is 0. The number of benzene rings is 3. The highest BCUT2D eigenvalue weighted by Crippen LogP contribution is 2.55. The summed E-state index contributed by atoms with van der Waals surface area (Å²) in [4.78, 5) is 0. The summed E-state index contributed by atoms with van der Waals surface area (Å²) in [5, 5.41) is 0. The second kappa shape index (κ2) is 7.82. The molecule has 3 aromatic carbocycles. The fourth-order valence-corrected chi connectivity index (χ4v) is 8.41. The quantitative estimate of drug-likeness (QED) is 0.332. The van der Waals surface area contributed by atoms with Crippen molar-refractivity contribution in [2.45, 2.75) is 83.8 Å². The maximum Gasteiger partial charge on any atom is 0.0444 e. The van der Waals surface area contributed by atoms with Crippen LogP contribution < -0.4 is 0 Å². The zero-order valence-corrected chi connectivity index (χ0v) is 23.7. The normalized spacial score (nSPS) is 19.2. The number of hydrogen-bond acceptors (Lipinski definition) is 0. The van der Waals surface area contributed by atoms with E-state index in [1.165, 1.54) is 33.4 Å². The Hall–Kier alpha value is -2.38. The molecule has 2 aliphatic rings. The first-order valence-corrected chi connectivity index (χ1v) is 16.0. The van der Waals surface area contributed by atoms with Crippen molar-refractivity contribution in [1.29, 1.82) is 0 Å². The molecule has 0 saturated carbocycles. The van der Waals surface area contributed by atoms with Crippen molar-refractivity contribution in [1.82, 2.24) is 0 Å². The minimum absolute atomic E-state index is 0.0807. The standard InChI is InChI=1S/C33H40Si/c1-20-18-21-12-10-11-13-23(21)28(20)30-27(33(5,6)7)17-16-25-29(30)26-19-22(32(2,3)4)14-15-24(26)31(25)34(8)9/h10-19,28,31,34H,1-9H3/t28-,31?/m1/s1. The van der Waals surface area contributed by atoms with Gasteiger partial charge in [-0.05, 0) is 67.8 Å². The molecule has 0 amide bonds. The van der Waals surface area contributed by atoms with E-state index >= 15 is 0 Å². The van der Waals surface area contributed by atoms with Crippen LogP contribution in [0.2, 0.25) is 13.1 Å². The third kappa shape index (κ3) is 3.55. The lowest BCUT2D eigenvalue weighted by atomic mass is 9.73. The molecular formula is C33H40Si. The van der Waals surface area contributed by atoms with Crippen molar-refractivity contribution >= 4 is 14.9 Å². The summed E-state index contributed by atoms with van der Waals surface area (Å²) < 4.78 is 0. The largest absolute Gasteiger partial charge is 0.0714 e. The van der Waals surface area contributed by atoms with E-state index in [0.717, 1.165) is 0 Å². The second-order valence-corrected chi connectivity index (χ2v) is 16.1. The second-order valence-electron chi connectivity index (χ2n) is 13.0. The van der Waals surface area contributed by atoms with Gasteiger partial charge in [-0.3, -0.25) is 0 Å². The lowest BCUT2D eigenvalue weighted by Crippen LogP contribution is -2.19. The topological polar surface area (TPSA) is 0 Å². The van der Waals surface area contributed by atoms with Crippen molar-refractivity contribution in [3.8, 4) is 11.1 Å². The van der Waals surface area contributed by atoms with E-state index < -0.39 is 8.80 Å². The highest BCUT2D eigenvalue weighted by atomic mass is 28.3. The molecule has 0 nitrogen and oxygen atoms in total. The Balaban J connectivity index is 1.89. The first kappa shape index (κ1) is 23.4. The summed E-state index contributed by atoms with van der Waals surface area (Å²) in [7, 11) is -0.964. The van der Waals surface area contributed by atoms with Crippen LogP contribution in [0.25, 0.3) is 17.2 Å². The molecule has 0 heterocycles. The molecule has 0 aromatic heterocycles. The molecule has 0 bridgehead atoms. The highest BCUT2D eigenvalue weighted by molar-refractivity contribution is 6.59. The Bertz CT molecular complexity index is 1310. The zero-order valence-electron chi connectivity index (χ0n) is 22.5. The molecule has 0 saturated heterocycles. The Morgan fingerprint density at radius 2 is 1.41 bits per heavy atom. The summed E-state index contributed by atoms with van der Waals surface area (Å²) in [6.07, 6.45) is 2.42. The monoisotopic (exact) mass is 464 g/mol. The molecule has 0 N–H and O–H groups in total. The van der Waals surface area contributed by atoms with Crippen LogP contribution in [-0.4, -0.2) is 8.80 Å². The molecule has 34 heavy (non-hydrogen) atoms. The number of rotatable bonds is 2. The molecule has 0 aliphatic heterocycles. The molecule has 0 spiro atoms.